The zero-order chi connectivity index (χ0) is 17.8. The summed E-state index contributed by atoms with van der Waals surface area (Å²) in [5, 5.41) is 3.97. The highest BCUT2D eigenvalue weighted by atomic mass is 19.1. The van der Waals surface area contributed by atoms with Crippen LogP contribution < -0.4 is 4.74 Å². The molecule has 25 heavy (non-hydrogen) atoms. The van der Waals surface area contributed by atoms with Gasteiger partial charge in [0, 0.05) is 19.0 Å². The molecule has 1 aliphatic rings. The SMILES string of the molecule is CCc1noc(C)c1C(=O)N1CCCC(COc2ccc(F)cc2)C1. The summed E-state index contributed by atoms with van der Waals surface area (Å²) in [5.41, 5.74) is 1.31. The third-order valence-corrected chi connectivity index (χ3v) is 4.59. The first-order chi connectivity index (χ1) is 12.1. The van der Waals surface area contributed by atoms with Gasteiger partial charge in [0.1, 0.15) is 22.9 Å². The van der Waals surface area contributed by atoms with E-state index in [1.165, 1.54) is 12.1 Å². The maximum Gasteiger partial charge on any atom is 0.259 e. The van der Waals surface area contributed by atoms with Crippen molar-refractivity contribution in [2.24, 2.45) is 5.92 Å². The molecule has 1 aliphatic heterocycles. The molecule has 1 atom stereocenters. The number of carbonyl (C=O) groups excluding carboxylic acids is 1. The van der Waals surface area contributed by atoms with E-state index in [9.17, 15) is 9.18 Å². The lowest BCUT2D eigenvalue weighted by atomic mass is 9.98. The lowest BCUT2D eigenvalue weighted by molar-refractivity contribution is 0.0630. The Balaban J connectivity index is 1.61. The van der Waals surface area contributed by atoms with Gasteiger partial charge in [0.05, 0.1) is 12.3 Å². The van der Waals surface area contributed by atoms with Crippen molar-refractivity contribution in [1.82, 2.24) is 10.1 Å². The van der Waals surface area contributed by atoms with E-state index < -0.39 is 0 Å². The number of carbonyl (C=O) groups is 1. The molecule has 1 amide bonds. The Morgan fingerprint density at radius 1 is 1.40 bits per heavy atom. The van der Waals surface area contributed by atoms with Crippen molar-refractivity contribution in [2.75, 3.05) is 19.7 Å². The fourth-order valence-corrected chi connectivity index (χ4v) is 3.22. The van der Waals surface area contributed by atoms with Gasteiger partial charge < -0.3 is 14.2 Å². The molecule has 1 unspecified atom stereocenters. The van der Waals surface area contributed by atoms with Crippen molar-refractivity contribution >= 4 is 5.91 Å². The van der Waals surface area contributed by atoms with Crippen molar-refractivity contribution in [3.8, 4) is 5.75 Å². The Morgan fingerprint density at radius 2 is 2.16 bits per heavy atom. The summed E-state index contributed by atoms with van der Waals surface area (Å²) in [5.74, 6) is 1.19. The van der Waals surface area contributed by atoms with E-state index in [-0.39, 0.29) is 17.6 Å². The van der Waals surface area contributed by atoms with Gasteiger partial charge in [-0.05, 0) is 50.5 Å². The lowest BCUT2D eigenvalue weighted by Crippen LogP contribution is -2.42. The Hall–Kier alpha value is -2.37. The number of amides is 1. The summed E-state index contributed by atoms with van der Waals surface area (Å²) in [4.78, 5) is 14.7. The molecule has 1 aromatic carbocycles. The van der Waals surface area contributed by atoms with Gasteiger partial charge in [0.25, 0.3) is 5.91 Å². The highest BCUT2D eigenvalue weighted by molar-refractivity contribution is 5.96. The molecular formula is C19H23FN2O3. The second-order valence-corrected chi connectivity index (χ2v) is 6.44. The first-order valence-corrected chi connectivity index (χ1v) is 8.71. The molecule has 0 N–H and O–H groups in total. The van der Waals surface area contributed by atoms with Gasteiger partial charge in [-0.3, -0.25) is 4.79 Å². The number of aromatic nitrogens is 1. The van der Waals surface area contributed by atoms with E-state index in [0.29, 0.717) is 42.3 Å². The van der Waals surface area contributed by atoms with Crippen LogP contribution in [-0.2, 0) is 6.42 Å². The van der Waals surface area contributed by atoms with Crippen LogP contribution in [0.25, 0.3) is 0 Å². The molecule has 1 aromatic heterocycles. The van der Waals surface area contributed by atoms with Gasteiger partial charge in [-0.1, -0.05) is 12.1 Å². The maximum atomic E-state index is 12.9. The normalized spacial score (nSPS) is 17.6. The molecular weight excluding hydrogens is 323 g/mol. The molecule has 0 aliphatic carbocycles. The molecule has 0 radical (unpaired) electrons. The molecule has 6 heteroatoms. The lowest BCUT2D eigenvalue weighted by Gasteiger charge is -2.32. The van der Waals surface area contributed by atoms with Crippen molar-refractivity contribution in [2.45, 2.75) is 33.1 Å². The molecule has 2 aromatic rings. The zero-order valence-electron chi connectivity index (χ0n) is 14.6. The average molecular weight is 346 g/mol. The first-order valence-electron chi connectivity index (χ1n) is 8.71. The van der Waals surface area contributed by atoms with Crippen LogP contribution in [0.4, 0.5) is 4.39 Å². The van der Waals surface area contributed by atoms with Crippen molar-refractivity contribution in [1.29, 1.82) is 0 Å². The van der Waals surface area contributed by atoms with Crippen LogP contribution in [0.5, 0.6) is 5.75 Å². The summed E-state index contributed by atoms with van der Waals surface area (Å²) in [6, 6.07) is 6.00. The number of likely N-dealkylation sites (tertiary alicyclic amines) is 1. The molecule has 3 rings (SSSR count). The van der Waals surface area contributed by atoms with E-state index in [0.717, 1.165) is 19.4 Å². The third-order valence-electron chi connectivity index (χ3n) is 4.59. The number of hydrogen-bond donors (Lipinski definition) is 0. The van der Waals surface area contributed by atoms with E-state index in [1.54, 1.807) is 19.1 Å². The minimum atomic E-state index is -0.280. The summed E-state index contributed by atoms with van der Waals surface area (Å²) < 4.78 is 23.9. The predicted molar refractivity (Wildman–Crippen MR) is 91.1 cm³/mol. The Morgan fingerprint density at radius 3 is 2.88 bits per heavy atom. The van der Waals surface area contributed by atoms with Gasteiger partial charge in [0.15, 0.2) is 0 Å². The quantitative estimate of drug-likeness (QED) is 0.830. The number of ether oxygens (including phenoxy) is 1. The Labute approximate surface area is 146 Å². The molecule has 134 valence electrons. The summed E-state index contributed by atoms with van der Waals surface area (Å²) in [6.07, 6.45) is 2.62. The fourth-order valence-electron chi connectivity index (χ4n) is 3.22. The number of halogens is 1. The minimum Gasteiger partial charge on any atom is -0.493 e. The summed E-state index contributed by atoms with van der Waals surface area (Å²) in [7, 11) is 0. The van der Waals surface area contributed by atoms with E-state index in [4.69, 9.17) is 9.26 Å². The Bertz CT molecular complexity index is 727. The van der Waals surface area contributed by atoms with Gasteiger partial charge in [-0.2, -0.15) is 0 Å². The smallest absolute Gasteiger partial charge is 0.259 e. The standard InChI is InChI=1S/C19H23FN2O3/c1-3-17-18(13(2)25-21-17)19(23)22-10-4-5-14(11-22)12-24-16-8-6-15(20)7-9-16/h6-9,14H,3-5,10-12H2,1-2H3. The molecule has 0 bridgehead atoms. The molecule has 5 nitrogen and oxygen atoms in total. The first kappa shape index (κ1) is 17.5. The largest absolute Gasteiger partial charge is 0.493 e. The molecule has 1 fully saturated rings. The summed E-state index contributed by atoms with van der Waals surface area (Å²) >= 11 is 0. The van der Waals surface area contributed by atoms with Gasteiger partial charge in [-0.25, -0.2) is 4.39 Å². The highest BCUT2D eigenvalue weighted by Crippen LogP contribution is 2.23. The van der Waals surface area contributed by atoms with Crippen LogP contribution in [-0.4, -0.2) is 35.7 Å². The second kappa shape index (κ2) is 7.68. The third kappa shape index (κ3) is 4.00. The van der Waals surface area contributed by atoms with Crippen molar-refractivity contribution in [3.63, 3.8) is 0 Å². The number of nitrogens with zero attached hydrogens (tertiary/aromatic N) is 2. The van der Waals surface area contributed by atoms with Crippen molar-refractivity contribution in [3.05, 3.63) is 47.1 Å². The van der Waals surface area contributed by atoms with E-state index in [2.05, 4.69) is 5.16 Å². The molecule has 1 saturated heterocycles. The summed E-state index contributed by atoms with van der Waals surface area (Å²) in [6.45, 7) is 5.63. The predicted octanol–water partition coefficient (Wildman–Crippen LogP) is 3.62. The number of piperidine rings is 1. The van der Waals surface area contributed by atoms with Crippen LogP contribution in [0.15, 0.2) is 28.8 Å². The fraction of sp³-hybridized carbons (Fsp3) is 0.474. The topological polar surface area (TPSA) is 55.6 Å². The maximum absolute atomic E-state index is 12.9. The number of aryl methyl sites for hydroxylation is 2. The number of rotatable bonds is 5. The van der Waals surface area contributed by atoms with Crippen LogP contribution >= 0.6 is 0 Å². The highest BCUT2D eigenvalue weighted by Gasteiger charge is 2.29. The average Bonchev–Trinajstić information content (AvgIpc) is 3.01. The van der Waals surface area contributed by atoms with Crippen LogP contribution in [0, 0.1) is 18.7 Å². The molecule has 0 saturated carbocycles. The number of benzene rings is 1. The monoisotopic (exact) mass is 346 g/mol. The zero-order valence-corrected chi connectivity index (χ0v) is 14.6. The Kier molecular flexibility index (Phi) is 5.36. The van der Waals surface area contributed by atoms with Crippen LogP contribution in [0.2, 0.25) is 0 Å². The van der Waals surface area contributed by atoms with Crippen LogP contribution in [0.3, 0.4) is 0 Å². The molecule has 2 heterocycles. The molecule has 0 spiro atoms. The number of hydrogen-bond acceptors (Lipinski definition) is 4. The second-order valence-electron chi connectivity index (χ2n) is 6.44. The van der Waals surface area contributed by atoms with E-state index >= 15 is 0 Å². The van der Waals surface area contributed by atoms with E-state index in [1.807, 2.05) is 11.8 Å². The van der Waals surface area contributed by atoms with Gasteiger partial charge in [-0.15, -0.1) is 0 Å². The van der Waals surface area contributed by atoms with Gasteiger partial charge in [0.2, 0.25) is 0 Å². The van der Waals surface area contributed by atoms with Crippen molar-refractivity contribution < 1.29 is 18.4 Å². The minimum absolute atomic E-state index is 0.0120. The van der Waals surface area contributed by atoms with Gasteiger partial charge >= 0.3 is 0 Å². The van der Waals surface area contributed by atoms with Crippen LogP contribution in [0.1, 0.15) is 41.6 Å².